The van der Waals surface area contributed by atoms with Crippen molar-refractivity contribution in [2.75, 3.05) is 0 Å². The molecule has 0 spiro atoms. The first-order valence-corrected chi connectivity index (χ1v) is 14.1. The van der Waals surface area contributed by atoms with Gasteiger partial charge in [0.25, 0.3) is 0 Å². The Labute approximate surface area is 236 Å². The lowest BCUT2D eigenvalue weighted by Crippen LogP contribution is -1.97. The summed E-state index contributed by atoms with van der Waals surface area (Å²) in [5.41, 5.74) is 12.6. The molecule has 0 unspecified atom stereocenters. The lowest BCUT2D eigenvalue weighted by Gasteiger charge is -2.14. The molecule has 0 saturated carbocycles. The van der Waals surface area contributed by atoms with Gasteiger partial charge in [-0.3, -0.25) is 0 Å². The Morgan fingerprint density at radius 3 is 2.02 bits per heavy atom. The second-order valence-electron chi connectivity index (χ2n) is 10.9. The van der Waals surface area contributed by atoms with Crippen molar-refractivity contribution in [3.8, 4) is 27.9 Å². The number of para-hydroxylation sites is 3. The summed E-state index contributed by atoms with van der Waals surface area (Å²) in [7, 11) is 0. The van der Waals surface area contributed by atoms with E-state index in [0.29, 0.717) is 13.2 Å². The van der Waals surface area contributed by atoms with E-state index in [4.69, 9.17) is 9.15 Å². The summed E-state index contributed by atoms with van der Waals surface area (Å²) in [6, 6.07) is 45.6. The van der Waals surface area contributed by atoms with Gasteiger partial charge in [0.05, 0.1) is 24.2 Å². The number of furan rings is 1. The first kappa shape index (κ1) is 22.7. The lowest BCUT2D eigenvalue weighted by molar-refractivity contribution is 0.110. The lowest BCUT2D eigenvalue weighted by atomic mass is 9.92. The fourth-order valence-corrected chi connectivity index (χ4v) is 6.71. The summed E-state index contributed by atoms with van der Waals surface area (Å²) < 4.78 is 14.8. The molecule has 2 aromatic heterocycles. The first-order valence-electron chi connectivity index (χ1n) is 14.1. The van der Waals surface area contributed by atoms with Crippen LogP contribution in [0, 0.1) is 0 Å². The molecule has 3 heterocycles. The number of aromatic nitrogens is 1. The number of benzene rings is 6. The van der Waals surface area contributed by atoms with Gasteiger partial charge in [0.1, 0.15) is 11.2 Å². The second kappa shape index (κ2) is 8.69. The van der Waals surface area contributed by atoms with E-state index in [9.17, 15) is 0 Å². The largest absolute Gasteiger partial charge is 0.456 e. The number of rotatable bonds is 2. The molecule has 0 saturated heterocycles. The van der Waals surface area contributed by atoms with Gasteiger partial charge in [-0.2, -0.15) is 0 Å². The summed E-state index contributed by atoms with van der Waals surface area (Å²) in [6.07, 6.45) is 0. The monoisotopic (exact) mass is 527 g/mol. The highest BCUT2D eigenvalue weighted by Gasteiger charge is 2.20. The molecule has 0 radical (unpaired) electrons. The molecule has 1 aliphatic heterocycles. The van der Waals surface area contributed by atoms with Gasteiger partial charge in [-0.1, -0.05) is 84.9 Å². The Morgan fingerprint density at radius 2 is 1.20 bits per heavy atom. The van der Waals surface area contributed by atoms with Gasteiger partial charge in [-0.25, -0.2) is 0 Å². The van der Waals surface area contributed by atoms with Crippen LogP contribution in [0.15, 0.2) is 132 Å². The highest BCUT2D eigenvalue weighted by molar-refractivity contribution is 6.12. The van der Waals surface area contributed by atoms with Crippen LogP contribution in [0.4, 0.5) is 0 Å². The summed E-state index contributed by atoms with van der Waals surface area (Å²) >= 11 is 0. The third kappa shape index (κ3) is 3.36. The molecule has 0 aliphatic carbocycles. The van der Waals surface area contributed by atoms with Gasteiger partial charge >= 0.3 is 0 Å². The summed E-state index contributed by atoms with van der Waals surface area (Å²) in [5, 5.41) is 4.84. The minimum absolute atomic E-state index is 0.574. The van der Waals surface area contributed by atoms with Crippen LogP contribution in [0.1, 0.15) is 11.1 Å². The molecule has 0 atom stereocenters. The van der Waals surface area contributed by atoms with Crippen molar-refractivity contribution in [2.45, 2.75) is 13.2 Å². The predicted octanol–water partition coefficient (Wildman–Crippen LogP) is 10.0. The molecule has 41 heavy (non-hydrogen) atoms. The molecule has 3 heteroatoms. The van der Waals surface area contributed by atoms with E-state index in [1.807, 2.05) is 12.1 Å². The van der Waals surface area contributed by atoms with Gasteiger partial charge in [0.15, 0.2) is 0 Å². The van der Waals surface area contributed by atoms with Crippen molar-refractivity contribution in [1.29, 1.82) is 0 Å². The third-order valence-electron chi connectivity index (χ3n) is 8.56. The minimum Gasteiger partial charge on any atom is -0.456 e. The average molecular weight is 528 g/mol. The maximum atomic E-state index is 6.23. The summed E-state index contributed by atoms with van der Waals surface area (Å²) in [4.78, 5) is 0. The summed E-state index contributed by atoms with van der Waals surface area (Å²) in [5.74, 6) is 0. The van der Waals surface area contributed by atoms with E-state index in [-0.39, 0.29) is 0 Å². The Morgan fingerprint density at radius 1 is 0.488 bits per heavy atom. The van der Waals surface area contributed by atoms with Crippen LogP contribution >= 0.6 is 0 Å². The van der Waals surface area contributed by atoms with Crippen molar-refractivity contribution in [1.82, 2.24) is 4.57 Å². The molecule has 0 fully saturated rings. The number of hydrogen-bond donors (Lipinski definition) is 0. The van der Waals surface area contributed by atoms with Crippen molar-refractivity contribution in [2.24, 2.45) is 0 Å². The molecule has 8 aromatic rings. The number of hydrogen-bond acceptors (Lipinski definition) is 2. The predicted molar refractivity (Wildman–Crippen MR) is 167 cm³/mol. The van der Waals surface area contributed by atoms with Crippen molar-refractivity contribution >= 4 is 43.7 Å². The minimum atomic E-state index is 0.574. The van der Waals surface area contributed by atoms with Crippen molar-refractivity contribution < 1.29 is 9.15 Å². The zero-order valence-corrected chi connectivity index (χ0v) is 22.3. The molecule has 0 amide bonds. The number of ether oxygens (including phenoxy) is 1. The molecule has 3 nitrogen and oxygen atoms in total. The Bertz CT molecular complexity index is 2250. The maximum absolute atomic E-state index is 6.23. The van der Waals surface area contributed by atoms with Gasteiger partial charge < -0.3 is 13.7 Å². The average Bonchev–Trinajstić information content (AvgIpc) is 3.51. The van der Waals surface area contributed by atoms with Crippen LogP contribution in [0.25, 0.3) is 71.7 Å². The van der Waals surface area contributed by atoms with Gasteiger partial charge in [-0.15, -0.1) is 0 Å². The highest BCUT2D eigenvalue weighted by atomic mass is 16.5. The maximum Gasteiger partial charge on any atom is 0.136 e. The van der Waals surface area contributed by atoms with E-state index in [2.05, 4.69) is 120 Å². The molecule has 9 rings (SSSR count). The third-order valence-corrected chi connectivity index (χ3v) is 8.56. The Kier molecular flexibility index (Phi) is 4.80. The molecule has 0 N–H and O–H groups in total. The molecule has 0 bridgehead atoms. The van der Waals surface area contributed by atoms with E-state index in [1.165, 1.54) is 55.2 Å². The fraction of sp³-hybridized carbons (Fsp3) is 0.0526. The molecular weight excluding hydrogens is 502 g/mol. The SMILES string of the molecule is c1ccc2c(c1)oc1cccc(-c3ccc4c(c3)COCc3ccc(-n5c6ccccc6c6ccccc65)cc3-4)c12. The molecule has 194 valence electrons. The quantitative estimate of drug-likeness (QED) is 0.224. The highest BCUT2D eigenvalue weighted by Crippen LogP contribution is 2.41. The zero-order valence-electron chi connectivity index (χ0n) is 22.3. The summed E-state index contributed by atoms with van der Waals surface area (Å²) in [6.45, 7) is 1.17. The van der Waals surface area contributed by atoms with Gasteiger partial charge in [0, 0.05) is 27.2 Å². The van der Waals surface area contributed by atoms with E-state index in [1.54, 1.807) is 0 Å². The van der Waals surface area contributed by atoms with Crippen LogP contribution in [0.3, 0.4) is 0 Å². The Balaban J connectivity index is 1.23. The standard InChI is InChI=1S/C38H25NO2/c1-4-12-34-30(8-1)31-9-2-5-13-35(31)39(34)27-18-16-25-22-40-23-26-20-24(17-19-28(26)33(25)21-27)29-11-7-15-37-38(29)32-10-3-6-14-36(32)41-37/h1-21H,22-23H2. The van der Waals surface area contributed by atoms with Crippen LogP contribution in [-0.2, 0) is 18.0 Å². The van der Waals surface area contributed by atoms with Gasteiger partial charge in [0.2, 0.25) is 0 Å². The van der Waals surface area contributed by atoms with Crippen molar-refractivity contribution in [3.05, 3.63) is 139 Å². The number of nitrogens with zero attached hydrogens (tertiary/aromatic N) is 1. The van der Waals surface area contributed by atoms with Crippen molar-refractivity contribution in [3.63, 3.8) is 0 Å². The van der Waals surface area contributed by atoms with E-state index < -0.39 is 0 Å². The van der Waals surface area contributed by atoms with Crippen LogP contribution < -0.4 is 0 Å². The fourth-order valence-electron chi connectivity index (χ4n) is 6.71. The van der Waals surface area contributed by atoms with Crippen LogP contribution in [-0.4, -0.2) is 4.57 Å². The smallest absolute Gasteiger partial charge is 0.136 e. The molecule has 6 aromatic carbocycles. The number of fused-ring (bicyclic) bond motifs is 9. The van der Waals surface area contributed by atoms with Gasteiger partial charge in [-0.05, 0) is 75.8 Å². The first-order chi connectivity index (χ1) is 20.3. The zero-order chi connectivity index (χ0) is 26.9. The molecule has 1 aliphatic rings. The van der Waals surface area contributed by atoms with E-state index in [0.717, 1.165) is 27.6 Å². The van der Waals surface area contributed by atoms with Crippen LogP contribution in [0.2, 0.25) is 0 Å². The normalized spacial score (nSPS) is 13.1. The second-order valence-corrected chi connectivity index (χ2v) is 10.9. The molecular formula is C38H25NO2. The Hall–Kier alpha value is -5.12. The topological polar surface area (TPSA) is 27.3 Å². The van der Waals surface area contributed by atoms with Crippen LogP contribution in [0.5, 0.6) is 0 Å². The van der Waals surface area contributed by atoms with E-state index >= 15 is 0 Å².